The molecule has 1 aromatic carbocycles. The molecule has 0 aliphatic carbocycles. The van der Waals surface area contributed by atoms with E-state index in [-0.39, 0.29) is 28.6 Å². The Morgan fingerprint density at radius 1 is 1.09 bits per heavy atom. The molecule has 3 heterocycles. The molecule has 4 rings (SSSR count). The van der Waals surface area contributed by atoms with Gasteiger partial charge in [-0.25, -0.2) is 14.5 Å². The first-order chi connectivity index (χ1) is 15.6. The van der Waals surface area contributed by atoms with Crippen molar-refractivity contribution >= 4 is 17.6 Å². The molecule has 0 spiro atoms. The van der Waals surface area contributed by atoms with Crippen LogP contribution in [0.1, 0.15) is 27.3 Å². The van der Waals surface area contributed by atoms with Gasteiger partial charge in [0.15, 0.2) is 11.5 Å². The first-order valence-electron chi connectivity index (χ1n) is 9.65. The first kappa shape index (κ1) is 21.9. The molecule has 8 nitrogen and oxygen atoms in total. The van der Waals surface area contributed by atoms with Crippen molar-refractivity contribution in [1.82, 2.24) is 24.7 Å². The molecule has 0 atom stereocenters. The van der Waals surface area contributed by atoms with Crippen LogP contribution in [0, 0.1) is 13.8 Å². The van der Waals surface area contributed by atoms with E-state index in [1.54, 1.807) is 6.07 Å². The maximum Gasteiger partial charge on any atom is 0.435 e. The smallest absolute Gasteiger partial charge is 0.435 e. The predicted octanol–water partition coefficient (Wildman–Crippen LogP) is 4.80. The number of rotatable bonds is 5. The largest absolute Gasteiger partial charge is 0.478 e. The van der Waals surface area contributed by atoms with E-state index < -0.39 is 17.8 Å². The summed E-state index contributed by atoms with van der Waals surface area (Å²) in [4.78, 5) is 24.0. The van der Waals surface area contributed by atoms with Crippen LogP contribution in [0.4, 0.5) is 24.8 Å². The zero-order chi connectivity index (χ0) is 23.8. The van der Waals surface area contributed by atoms with E-state index in [9.17, 15) is 23.1 Å². The maximum absolute atomic E-state index is 13.3. The third-order valence-corrected chi connectivity index (χ3v) is 4.72. The summed E-state index contributed by atoms with van der Waals surface area (Å²) in [5, 5.41) is 16.0. The predicted molar refractivity (Wildman–Crippen MR) is 114 cm³/mol. The van der Waals surface area contributed by atoms with Crippen molar-refractivity contribution in [3.8, 4) is 16.9 Å². The van der Waals surface area contributed by atoms with Crippen molar-refractivity contribution in [3.05, 3.63) is 77.5 Å². The number of anilines is 2. The third kappa shape index (κ3) is 4.66. The molecule has 168 valence electrons. The Morgan fingerprint density at radius 2 is 1.88 bits per heavy atom. The normalized spacial score (nSPS) is 11.4. The zero-order valence-corrected chi connectivity index (χ0v) is 17.4. The van der Waals surface area contributed by atoms with Crippen molar-refractivity contribution in [2.45, 2.75) is 20.0 Å². The summed E-state index contributed by atoms with van der Waals surface area (Å²) < 4.78 is 40.9. The standard InChI is InChI=1S/C22H17F3N6O2/c1-12-4-3-5-16(6-12)28-21-27-11-17(14-8-15(20(32)33)10-26-9-14)19(29-21)31-13(2)7-18(30-31)22(23,24)25/h3-11H,1-2H3,(H,32,33)(H,27,28,29). The average Bonchev–Trinajstić information content (AvgIpc) is 3.16. The number of aromatic nitrogens is 5. The Morgan fingerprint density at radius 3 is 2.55 bits per heavy atom. The Labute approximate surface area is 185 Å². The Bertz CT molecular complexity index is 1350. The molecule has 33 heavy (non-hydrogen) atoms. The number of nitrogens with one attached hydrogen (secondary N) is 1. The molecule has 0 saturated carbocycles. The van der Waals surface area contributed by atoms with Crippen LogP contribution in [-0.4, -0.2) is 35.8 Å². The van der Waals surface area contributed by atoms with Crippen LogP contribution in [0.5, 0.6) is 0 Å². The minimum Gasteiger partial charge on any atom is -0.478 e. The van der Waals surface area contributed by atoms with Gasteiger partial charge in [0.05, 0.1) is 5.56 Å². The van der Waals surface area contributed by atoms with Gasteiger partial charge in [-0.15, -0.1) is 0 Å². The van der Waals surface area contributed by atoms with E-state index in [2.05, 4.69) is 25.4 Å². The van der Waals surface area contributed by atoms with Crippen LogP contribution in [0.2, 0.25) is 0 Å². The van der Waals surface area contributed by atoms with Gasteiger partial charge < -0.3 is 10.4 Å². The Hall–Kier alpha value is -4.28. The highest BCUT2D eigenvalue weighted by atomic mass is 19.4. The fraction of sp³-hybridized carbons (Fsp3) is 0.136. The van der Waals surface area contributed by atoms with Crippen LogP contribution in [0.3, 0.4) is 0 Å². The number of carboxylic acids is 1. The number of alkyl halides is 3. The second-order valence-corrected chi connectivity index (χ2v) is 7.27. The molecule has 3 aromatic heterocycles. The lowest BCUT2D eigenvalue weighted by molar-refractivity contribution is -0.141. The number of halogens is 3. The third-order valence-electron chi connectivity index (χ3n) is 4.72. The number of pyridine rings is 1. The molecular formula is C22H17F3N6O2. The SMILES string of the molecule is Cc1cccc(Nc2ncc(-c3cncc(C(=O)O)c3)c(-n3nc(C(F)(F)F)cc3C)n2)c1. The summed E-state index contributed by atoms with van der Waals surface area (Å²) in [5.74, 6) is -1.03. The highest BCUT2D eigenvalue weighted by molar-refractivity contribution is 5.89. The molecule has 0 bridgehead atoms. The van der Waals surface area contributed by atoms with Crippen molar-refractivity contribution in [3.63, 3.8) is 0 Å². The van der Waals surface area contributed by atoms with E-state index in [1.807, 2.05) is 25.1 Å². The summed E-state index contributed by atoms with van der Waals surface area (Å²) in [6.45, 7) is 3.38. The summed E-state index contributed by atoms with van der Waals surface area (Å²) in [6.07, 6.45) is -0.707. The van der Waals surface area contributed by atoms with E-state index in [1.165, 1.54) is 31.6 Å². The van der Waals surface area contributed by atoms with Crippen molar-refractivity contribution in [2.24, 2.45) is 0 Å². The first-order valence-corrected chi connectivity index (χ1v) is 9.65. The van der Waals surface area contributed by atoms with Gasteiger partial charge in [-0.2, -0.15) is 23.3 Å². The van der Waals surface area contributed by atoms with Crippen LogP contribution >= 0.6 is 0 Å². The molecule has 11 heteroatoms. The quantitative estimate of drug-likeness (QED) is 0.446. The highest BCUT2D eigenvalue weighted by Gasteiger charge is 2.35. The van der Waals surface area contributed by atoms with Crippen LogP contribution < -0.4 is 5.32 Å². The molecule has 2 N–H and O–H groups in total. The van der Waals surface area contributed by atoms with E-state index in [0.717, 1.165) is 16.3 Å². The molecule has 0 unspecified atom stereocenters. The number of carbonyl (C=O) groups is 1. The topological polar surface area (TPSA) is 106 Å². The summed E-state index contributed by atoms with van der Waals surface area (Å²) in [7, 11) is 0. The lowest BCUT2D eigenvalue weighted by Crippen LogP contribution is -2.11. The number of carboxylic acid groups (broad SMARTS) is 1. The summed E-state index contributed by atoms with van der Waals surface area (Å²) >= 11 is 0. The van der Waals surface area contributed by atoms with Gasteiger partial charge in [-0.3, -0.25) is 4.98 Å². The lowest BCUT2D eigenvalue weighted by Gasteiger charge is -2.13. The van der Waals surface area contributed by atoms with Crippen molar-refractivity contribution < 1.29 is 23.1 Å². The van der Waals surface area contributed by atoms with Crippen LogP contribution in [-0.2, 0) is 6.18 Å². The number of hydrogen-bond acceptors (Lipinski definition) is 6. The van der Waals surface area contributed by atoms with E-state index >= 15 is 0 Å². The van der Waals surface area contributed by atoms with E-state index in [4.69, 9.17) is 0 Å². The number of aryl methyl sites for hydroxylation is 2. The van der Waals surface area contributed by atoms with Crippen LogP contribution in [0.15, 0.2) is 55.0 Å². The Balaban J connectivity index is 1.87. The average molecular weight is 454 g/mol. The molecule has 0 aliphatic heterocycles. The minimum absolute atomic E-state index is 0.0393. The van der Waals surface area contributed by atoms with Gasteiger partial charge in [0.2, 0.25) is 5.95 Å². The number of nitrogens with zero attached hydrogens (tertiary/aromatic N) is 5. The highest BCUT2D eigenvalue weighted by Crippen LogP contribution is 2.32. The second kappa shape index (κ2) is 8.34. The molecule has 0 aliphatic rings. The lowest BCUT2D eigenvalue weighted by atomic mass is 10.1. The van der Waals surface area contributed by atoms with Gasteiger partial charge in [0.25, 0.3) is 0 Å². The number of aromatic carboxylic acids is 1. The number of benzene rings is 1. The summed E-state index contributed by atoms with van der Waals surface area (Å²) in [6, 6.07) is 9.65. The molecule has 0 amide bonds. The minimum atomic E-state index is -4.64. The molecule has 0 radical (unpaired) electrons. The van der Waals surface area contributed by atoms with Gasteiger partial charge in [-0.1, -0.05) is 12.1 Å². The summed E-state index contributed by atoms with van der Waals surface area (Å²) in [5.41, 5.74) is 1.29. The zero-order valence-electron chi connectivity index (χ0n) is 17.4. The van der Waals surface area contributed by atoms with Crippen LogP contribution in [0.25, 0.3) is 16.9 Å². The second-order valence-electron chi connectivity index (χ2n) is 7.27. The molecular weight excluding hydrogens is 437 g/mol. The Kier molecular flexibility index (Phi) is 5.54. The number of hydrogen-bond donors (Lipinski definition) is 2. The molecule has 4 aromatic rings. The van der Waals surface area contributed by atoms with Gasteiger partial charge in [0.1, 0.15) is 0 Å². The van der Waals surface area contributed by atoms with Crippen molar-refractivity contribution in [1.29, 1.82) is 0 Å². The van der Waals surface area contributed by atoms with Gasteiger partial charge in [0, 0.05) is 41.1 Å². The van der Waals surface area contributed by atoms with Gasteiger partial charge >= 0.3 is 12.1 Å². The monoisotopic (exact) mass is 454 g/mol. The van der Waals surface area contributed by atoms with E-state index in [0.29, 0.717) is 11.3 Å². The molecule has 0 saturated heterocycles. The fourth-order valence-corrected chi connectivity index (χ4v) is 3.18. The maximum atomic E-state index is 13.3. The van der Waals surface area contributed by atoms with Crippen molar-refractivity contribution in [2.75, 3.05) is 5.32 Å². The van der Waals surface area contributed by atoms with Gasteiger partial charge in [-0.05, 0) is 43.7 Å². The molecule has 0 fully saturated rings. The fourth-order valence-electron chi connectivity index (χ4n) is 3.18.